The second kappa shape index (κ2) is 9.16. The number of imidazole rings is 1. The highest BCUT2D eigenvalue weighted by atomic mass is 32.2. The fraction of sp³-hybridized carbons (Fsp3) is 0.292. The number of nitrogens with zero attached hydrogens (tertiary/aromatic N) is 4. The summed E-state index contributed by atoms with van der Waals surface area (Å²) in [6, 6.07) is 13.4. The fourth-order valence-electron chi connectivity index (χ4n) is 4.16. The van der Waals surface area contributed by atoms with Crippen molar-refractivity contribution in [2.75, 3.05) is 24.2 Å². The number of hydrogen-bond donors (Lipinski definition) is 3. The molecule has 0 atom stereocenters. The Balaban J connectivity index is 1.29. The van der Waals surface area contributed by atoms with Crippen LogP contribution >= 0.6 is 0 Å². The lowest BCUT2D eigenvalue weighted by molar-refractivity contribution is 0.0950. The monoisotopic (exact) mass is 494 g/mol. The number of aromatic nitrogens is 4. The number of H-pyrrole nitrogens is 1. The first kappa shape index (κ1) is 23.1. The van der Waals surface area contributed by atoms with Crippen LogP contribution in [0.5, 0.6) is 0 Å². The van der Waals surface area contributed by atoms with Crippen LogP contribution in [0.1, 0.15) is 29.0 Å². The Morgan fingerprint density at radius 2 is 1.97 bits per heavy atom. The number of anilines is 1. The van der Waals surface area contributed by atoms with E-state index in [4.69, 9.17) is 4.98 Å². The lowest BCUT2D eigenvalue weighted by atomic mass is 10.1. The van der Waals surface area contributed by atoms with E-state index in [1.54, 1.807) is 0 Å². The SMILES string of the molecule is CS(=O)(=O)n1ccc(C(=O)NCc2nc3ccc(-c4cccc(N5CCC(O)CC5)c4)nc3[nH]2)c1. The molecule has 3 N–H and O–H groups in total. The number of hydrogen-bond acceptors (Lipinski definition) is 7. The topological polar surface area (TPSA) is 133 Å². The Morgan fingerprint density at radius 3 is 2.71 bits per heavy atom. The number of aromatic amines is 1. The van der Waals surface area contributed by atoms with Gasteiger partial charge in [-0.1, -0.05) is 12.1 Å². The largest absolute Gasteiger partial charge is 0.393 e. The van der Waals surface area contributed by atoms with Gasteiger partial charge in [0.1, 0.15) is 11.3 Å². The van der Waals surface area contributed by atoms with Gasteiger partial charge in [-0.05, 0) is 43.2 Å². The maximum atomic E-state index is 12.4. The van der Waals surface area contributed by atoms with Gasteiger partial charge >= 0.3 is 0 Å². The van der Waals surface area contributed by atoms with Crippen molar-refractivity contribution in [1.29, 1.82) is 0 Å². The molecule has 3 aromatic heterocycles. The second-order valence-electron chi connectivity index (χ2n) is 8.69. The van der Waals surface area contributed by atoms with Gasteiger partial charge in [0.25, 0.3) is 5.91 Å². The van der Waals surface area contributed by atoms with Gasteiger partial charge in [-0.15, -0.1) is 0 Å². The maximum Gasteiger partial charge on any atom is 0.253 e. The van der Waals surface area contributed by atoms with Crippen LogP contribution in [-0.2, 0) is 16.6 Å². The van der Waals surface area contributed by atoms with E-state index in [-0.39, 0.29) is 18.2 Å². The number of carbonyl (C=O) groups excluding carboxylic acids is 1. The molecule has 1 saturated heterocycles. The quantitative estimate of drug-likeness (QED) is 0.374. The summed E-state index contributed by atoms with van der Waals surface area (Å²) >= 11 is 0. The van der Waals surface area contributed by atoms with Crippen LogP contribution in [0.3, 0.4) is 0 Å². The van der Waals surface area contributed by atoms with Gasteiger partial charge in [0.05, 0.1) is 30.2 Å². The average molecular weight is 495 g/mol. The smallest absolute Gasteiger partial charge is 0.253 e. The molecule has 1 fully saturated rings. The van der Waals surface area contributed by atoms with E-state index >= 15 is 0 Å². The summed E-state index contributed by atoms with van der Waals surface area (Å²) in [5.41, 5.74) is 4.43. The Kier molecular flexibility index (Phi) is 6.03. The number of piperidine rings is 1. The molecule has 1 aliphatic rings. The predicted octanol–water partition coefficient (Wildman–Crippen LogP) is 2.13. The van der Waals surface area contributed by atoms with Gasteiger partial charge in [-0.3, -0.25) is 8.77 Å². The van der Waals surface area contributed by atoms with Gasteiger partial charge in [-0.25, -0.2) is 18.4 Å². The lowest BCUT2D eigenvalue weighted by Crippen LogP contribution is -2.35. The molecular formula is C24H26N6O4S. The van der Waals surface area contributed by atoms with E-state index in [9.17, 15) is 18.3 Å². The second-order valence-corrected chi connectivity index (χ2v) is 10.6. The minimum Gasteiger partial charge on any atom is -0.393 e. The zero-order chi connectivity index (χ0) is 24.6. The van der Waals surface area contributed by atoms with Crippen molar-refractivity contribution >= 4 is 32.8 Å². The highest BCUT2D eigenvalue weighted by Gasteiger charge is 2.18. The molecule has 0 bridgehead atoms. The summed E-state index contributed by atoms with van der Waals surface area (Å²) in [6.07, 6.45) is 5.00. The third-order valence-corrected chi connectivity index (χ3v) is 7.09. The Bertz CT molecular complexity index is 1480. The Labute approximate surface area is 202 Å². The first-order chi connectivity index (χ1) is 16.8. The van der Waals surface area contributed by atoms with Gasteiger partial charge < -0.3 is 20.3 Å². The number of fused-ring (bicyclic) bond motifs is 1. The molecule has 1 amide bonds. The van der Waals surface area contributed by atoms with Gasteiger partial charge in [-0.2, -0.15) is 0 Å². The number of benzene rings is 1. The van der Waals surface area contributed by atoms with Gasteiger partial charge in [0, 0.05) is 36.7 Å². The third kappa shape index (κ3) is 5.05. The molecule has 4 heterocycles. The van der Waals surface area contributed by atoms with Crippen molar-refractivity contribution in [2.24, 2.45) is 0 Å². The molecular weight excluding hydrogens is 468 g/mol. The molecule has 5 rings (SSSR count). The van der Waals surface area contributed by atoms with Crippen molar-refractivity contribution in [1.82, 2.24) is 24.2 Å². The number of aliphatic hydroxyl groups is 1. The van der Waals surface area contributed by atoms with Crippen LogP contribution in [0.4, 0.5) is 5.69 Å². The minimum atomic E-state index is -3.44. The summed E-state index contributed by atoms with van der Waals surface area (Å²) in [6.45, 7) is 1.79. The number of amides is 1. The summed E-state index contributed by atoms with van der Waals surface area (Å²) in [5.74, 6) is 0.143. The van der Waals surface area contributed by atoms with Crippen LogP contribution in [0.15, 0.2) is 54.9 Å². The Hall–Kier alpha value is -3.70. The molecule has 0 aliphatic carbocycles. The molecule has 182 valence electrons. The molecule has 0 spiro atoms. The maximum absolute atomic E-state index is 12.4. The zero-order valence-corrected chi connectivity index (χ0v) is 20.0. The molecule has 1 aliphatic heterocycles. The van der Waals surface area contributed by atoms with E-state index in [0.29, 0.717) is 17.0 Å². The number of nitrogens with one attached hydrogen (secondary N) is 2. The molecule has 10 nitrogen and oxygen atoms in total. The van der Waals surface area contributed by atoms with E-state index in [1.165, 1.54) is 18.5 Å². The number of carbonyl (C=O) groups is 1. The van der Waals surface area contributed by atoms with Crippen LogP contribution < -0.4 is 10.2 Å². The third-order valence-electron chi connectivity index (χ3n) is 6.09. The van der Waals surface area contributed by atoms with E-state index in [0.717, 1.165) is 53.1 Å². The summed E-state index contributed by atoms with van der Waals surface area (Å²) in [4.78, 5) is 27.0. The van der Waals surface area contributed by atoms with E-state index in [1.807, 2.05) is 24.3 Å². The Morgan fingerprint density at radius 1 is 1.17 bits per heavy atom. The van der Waals surface area contributed by atoms with Crippen molar-refractivity contribution < 1.29 is 18.3 Å². The first-order valence-electron chi connectivity index (χ1n) is 11.3. The van der Waals surface area contributed by atoms with Crippen LogP contribution in [0.25, 0.3) is 22.4 Å². The molecule has 1 aromatic carbocycles. The average Bonchev–Trinajstić information content (AvgIpc) is 3.50. The van der Waals surface area contributed by atoms with Crippen LogP contribution in [-0.4, -0.2) is 63.8 Å². The molecule has 0 unspecified atom stereocenters. The molecule has 35 heavy (non-hydrogen) atoms. The van der Waals surface area contributed by atoms with E-state index < -0.39 is 15.9 Å². The first-order valence-corrected chi connectivity index (χ1v) is 13.2. The minimum absolute atomic E-state index is 0.144. The van der Waals surface area contributed by atoms with Crippen LogP contribution in [0, 0.1) is 0 Å². The van der Waals surface area contributed by atoms with Crippen molar-refractivity contribution in [3.05, 3.63) is 66.2 Å². The molecule has 0 saturated carbocycles. The number of rotatable bonds is 6. The highest BCUT2D eigenvalue weighted by molar-refractivity contribution is 7.89. The fourth-order valence-corrected chi connectivity index (χ4v) is 4.75. The summed E-state index contributed by atoms with van der Waals surface area (Å²) < 4.78 is 24.2. The number of pyridine rings is 1. The van der Waals surface area contributed by atoms with Crippen molar-refractivity contribution in [2.45, 2.75) is 25.5 Å². The van der Waals surface area contributed by atoms with Gasteiger partial charge in [0.15, 0.2) is 5.65 Å². The van der Waals surface area contributed by atoms with Gasteiger partial charge in [0.2, 0.25) is 10.0 Å². The normalized spacial score (nSPS) is 15.0. The summed E-state index contributed by atoms with van der Waals surface area (Å²) in [5, 5.41) is 12.5. The lowest BCUT2D eigenvalue weighted by Gasteiger charge is -2.31. The van der Waals surface area contributed by atoms with Crippen LogP contribution in [0.2, 0.25) is 0 Å². The number of aliphatic hydroxyl groups excluding tert-OH is 1. The standard InChI is InChI=1S/C24H26N6O4S/c1-35(33,34)30-12-7-17(15-30)24(32)25-14-22-26-21-6-5-20(27-23(21)28-22)16-3-2-4-18(13-16)29-10-8-19(31)9-11-29/h2-7,12-13,15,19,31H,8-11,14H2,1H3,(H,25,32)(H,26,27,28). The molecule has 4 aromatic rings. The van der Waals surface area contributed by atoms with Crippen molar-refractivity contribution in [3.63, 3.8) is 0 Å². The molecule has 0 radical (unpaired) electrons. The summed E-state index contributed by atoms with van der Waals surface area (Å²) in [7, 11) is -3.44. The molecule has 11 heteroatoms. The predicted molar refractivity (Wildman–Crippen MR) is 133 cm³/mol. The van der Waals surface area contributed by atoms with Crippen molar-refractivity contribution in [3.8, 4) is 11.3 Å². The van der Waals surface area contributed by atoms with E-state index in [2.05, 4.69) is 32.3 Å². The zero-order valence-electron chi connectivity index (χ0n) is 19.2. The highest BCUT2D eigenvalue weighted by Crippen LogP contribution is 2.27.